The van der Waals surface area contributed by atoms with Crippen LogP contribution in [0.15, 0.2) is 32.1 Å². The van der Waals surface area contributed by atoms with Gasteiger partial charge in [0.05, 0.1) is 17.5 Å². The number of rotatable bonds is 2. The molecule has 0 aliphatic carbocycles. The topological polar surface area (TPSA) is 65.2 Å². The van der Waals surface area contributed by atoms with E-state index in [1.54, 1.807) is 12.3 Å². The summed E-state index contributed by atoms with van der Waals surface area (Å²) >= 11 is 3.24. The lowest BCUT2D eigenvalue weighted by Crippen LogP contribution is -1.95. The molecular weight excluding hydrogens is 236 g/mol. The van der Waals surface area contributed by atoms with E-state index >= 15 is 0 Å². The molecule has 13 heavy (non-hydrogen) atoms. The van der Waals surface area contributed by atoms with Crippen molar-refractivity contribution in [3.05, 3.63) is 29.0 Å². The number of nitrogens with zero attached hydrogens (tertiary/aromatic N) is 1. The number of hydrogen-bond donors (Lipinski definition) is 1. The first-order chi connectivity index (χ1) is 6.31. The Balaban J connectivity index is 2.41. The zero-order valence-electron chi connectivity index (χ0n) is 6.66. The predicted molar refractivity (Wildman–Crippen MR) is 49.8 cm³/mol. The largest absolute Gasteiger partial charge is 0.457 e. The molecule has 4 nitrogen and oxygen atoms in total. The van der Waals surface area contributed by atoms with Crippen LogP contribution in [0.2, 0.25) is 0 Å². The minimum absolute atomic E-state index is 0.374. The van der Waals surface area contributed by atoms with Crippen molar-refractivity contribution in [3.8, 4) is 11.5 Å². The smallest absolute Gasteiger partial charge is 0.230 e. The van der Waals surface area contributed by atoms with Gasteiger partial charge in [0.1, 0.15) is 6.26 Å². The summed E-state index contributed by atoms with van der Waals surface area (Å²) in [6, 6.07) is 1.77. The van der Waals surface area contributed by atoms with Crippen LogP contribution in [-0.4, -0.2) is 4.98 Å². The Morgan fingerprint density at radius 2 is 2.31 bits per heavy atom. The van der Waals surface area contributed by atoms with Gasteiger partial charge in [-0.05, 0) is 22.0 Å². The number of aromatic nitrogens is 1. The molecular formula is C8H7BrN2O2. The second kappa shape index (κ2) is 3.35. The SMILES string of the molecule is NCc1coc(-c2ccoc2Br)n1. The number of halogens is 1. The zero-order chi connectivity index (χ0) is 9.26. The number of nitrogens with two attached hydrogens (primary N) is 1. The predicted octanol–water partition coefficient (Wildman–Crippen LogP) is 2.16. The monoisotopic (exact) mass is 242 g/mol. The Labute approximate surface area is 82.9 Å². The lowest BCUT2D eigenvalue weighted by atomic mass is 10.3. The second-order valence-corrected chi connectivity index (χ2v) is 3.18. The first-order valence-electron chi connectivity index (χ1n) is 3.69. The van der Waals surface area contributed by atoms with Gasteiger partial charge >= 0.3 is 0 Å². The molecule has 0 spiro atoms. The molecule has 68 valence electrons. The molecule has 2 aromatic heterocycles. The van der Waals surface area contributed by atoms with Crippen LogP contribution in [-0.2, 0) is 6.54 Å². The van der Waals surface area contributed by atoms with E-state index in [4.69, 9.17) is 14.6 Å². The van der Waals surface area contributed by atoms with Gasteiger partial charge in [-0.25, -0.2) is 4.98 Å². The molecule has 5 heteroatoms. The second-order valence-electron chi connectivity index (χ2n) is 2.46. The van der Waals surface area contributed by atoms with Crippen LogP contribution in [0.1, 0.15) is 5.69 Å². The molecule has 0 amide bonds. The fourth-order valence-electron chi connectivity index (χ4n) is 0.971. The minimum Gasteiger partial charge on any atom is -0.457 e. The zero-order valence-corrected chi connectivity index (χ0v) is 8.24. The molecule has 0 fully saturated rings. The molecule has 2 rings (SSSR count). The van der Waals surface area contributed by atoms with E-state index in [0.717, 1.165) is 11.3 Å². The normalized spacial score (nSPS) is 10.6. The van der Waals surface area contributed by atoms with E-state index in [1.165, 1.54) is 6.26 Å². The van der Waals surface area contributed by atoms with Crippen LogP contribution in [0.4, 0.5) is 0 Å². The highest BCUT2D eigenvalue weighted by molar-refractivity contribution is 9.10. The fourth-order valence-corrected chi connectivity index (χ4v) is 1.38. The van der Waals surface area contributed by atoms with Gasteiger partial charge in [0, 0.05) is 6.54 Å². The first kappa shape index (κ1) is 8.52. The Kier molecular flexibility index (Phi) is 2.20. The summed E-state index contributed by atoms with van der Waals surface area (Å²) in [6.07, 6.45) is 3.10. The number of oxazole rings is 1. The van der Waals surface area contributed by atoms with Gasteiger partial charge in [-0.15, -0.1) is 0 Å². The average Bonchev–Trinajstić information content (AvgIpc) is 2.71. The third kappa shape index (κ3) is 1.52. The van der Waals surface area contributed by atoms with Gasteiger partial charge in [-0.1, -0.05) is 0 Å². The van der Waals surface area contributed by atoms with Crippen LogP contribution >= 0.6 is 15.9 Å². The quantitative estimate of drug-likeness (QED) is 0.877. The van der Waals surface area contributed by atoms with Crippen LogP contribution < -0.4 is 5.73 Å². The lowest BCUT2D eigenvalue weighted by Gasteiger charge is -1.87. The summed E-state index contributed by atoms with van der Waals surface area (Å²) in [5, 5.41) is 0. The Morgan fingerprint density at radius 1 is 1.46 bits per heavy atom. The standard InChI is InChI=1S/C8H7BrN2O2/c9-7-6(1-2-12-7)8-11-5(3-10)4-13-8/h1-2,4H,3,10H2. The maximum Gasteiger partial charge on any atom is 0.230 e. The Morgan fingerprint density at radius 3 is 2.85 bits per heavy atom. The van der Waals surface area contributed by atoms with E-state index in [9.17, 15) is 0 Å². The van der Waals surface area contributed by atoms with Crippen molar-refractivity contribution in [2.45, 2.75) is 6.54 Å². The summed E-state index contributed by atoms with van der Waals surface area (Å²) < 4.78 is 10.9. The van der Waals surface area contributed by atoms with Gasteiger partial charge in [-0.2, -0.15) is 0 Å². The number of hydrogen-bond acceptors (Lipinski definition) is 4. The van der Waals surface area contributed by atoms with Crippen LogP contribution in [0.5, 0.6) is 0 Å². The fraction of sp³-hybridized carbons (Fsp3) is 0.125. The maximum absolute atomic E-state index is 5.40. The molecule has 0 bridgehead atoms. The summed E-state index contributed by atoms with van der Waals surface area (Å²) in [5.74, 6) is 0.515. The highest BCUT2D eigenvalue weighted by Gasteiger charge is 2.11. The van der Waals surface area contributed by atoms with Crippen molar-refractivity contribution in [1.82, 2.24) is 4.98 Å². The van der Waals surface area contributed by atoms with E-state index in [1.807, 2.05) is 0 Å². The van der Waals surface area contributed by atoms with Gasteiger partial charge in [-0.3, -0.25) is 0 Å². The molecule has 2 heterocycles. The number of furan rings is 1. The van der Waals surface area contributed by atoms with Crippen molar-refractivity contribution in [1.29, 1.82) is 0 Å². The Hall–Kier alpha value is -1.07. The lowest BCUT2D eigenvalue weighted by molar-refractivity contribution is 0.535. The van der Waals surface area contributed by atoms with Crippen LogP contribution in [0.25, 0.3) is 11.5 Å². The molecule has 2 aromatic rings. The van der Waals surface area contributed by atoms with Gasteiger partial charge in [0.2, 0.25) is 5.89 Å². The third-order valence-corrected chi connectivity index (χ3v) is 2.22. The molecule has 0 saturated carbocycles. The molecule has 0 saturated heterocycles. The van der Waals surface area contributed by atoms with Crippen molar-refractivity contribution < 1.29 is 8.83 Å². The van der Waals surface area contributed by atoms with Crippen molar-refractivity contribution in [2.24, 2.45) is 5.73 Å². The molecule has 0 unspecified atom stereocenters. The highest BCUT2D eigenvalue weighted by Crippen LogP contribution is 2.28. The maximum atomic E-state index is 5.40. The minimum atomic E-state index is 0.374. The van der Waals surface area contributed by atoms with Gasteiger partial charge in [0.15, 0.2) is 4.67 Å². The summed E-state index contributed by atoms with van der Waals surface area (Å²) in [5.41, 5.74) is 6.91. The van der Waals surface area contributed by atoms with E-state index in [0.29, 0.717) is 17.1 Å². The van der Waals surface area contributed by atoms with E-state index in [2.05, 4.69) is 20.9 Å². The molecule has 2 N–H and O–H groups in total. The molecule has 0 aliphatic rings. The summed E-state index contributed by atoms with van der Waals surface area (Å²) in [7, 11) is 0. The molecule has 0 radical (unpaired) electrons. The van der Waals surface area contributed by atoms with Crippen molar-refractivity contribution in [2.75, 3.05) is 0 Å². The van der Waals surface area contributed by atoms with Gasteiger partial charge in [0.25, 0.3) is 0 Å². The van der Waals surface area contributed by atoms with Crippen molar-refractivity contribution >= 4 is 15.9 Å². The average molecular weight is 243 g/mol. The van der Waals surface area contributed by atoms with E-state index in [-0.39, 0.29) is 0 Å². The summed E-state index contributed by atoms with van der Waals surface area (Å²) in [4.78, 5) is 4.15. The van der Waals surface area contributed by atoms with E-state index < -0.39 is 0 Å². The molecule has 0 aromatic carbocycles. The summed E-state index contributed by atoms with van der Waals surface area (Å²) in [6.45, 7) is 0.374. The van der Waals surface area contributed by atoms with Crippen LogP contribution in [0.3, 0.4) is 0 Å². The first-order valence-corrected chi connectivity index (χ1v) is 4.48. The highest BCUT2D eigenvalue weighted by atomic mass is 79.9. The van der Waals surface area contributed by atoms with Crippen LogP contribution in [0, 0.1) is 0 Å². The molecule has 0 aliphatic heterocycles. The van der Waals surface area contributed by atoms with Crippen molar-refractivity contribution in [3.63, 3.8) is 0 Å². The van der Waals surface area contributed by atoms with Gasteiger partial charge < -0.3 is 14.6 Å². The third-order valence-electron chi connectivity index (χ3n) is 1.61. The Bertz CT molecular complexity index is 408. The molecule has 0 atom stereocenters.